The molecule has 2 rings (SSSR count). The van der Waals surface area contributed by atoms with E-state index in [-0.39, 0.29) is 17.0 Å². The van der Waals surface area contributed by atoms with Gasteiger partial charge in [0.05, 0.1) is 16.4 Å². The molecule has 0 bridgehead atoms. The van der Waals surface area contributed by atoms with E-state index in [0.717, 1.165) is 5.56 Å². The maximum atomic E-state index is 10.6. The molecule has 0 saturated heterocycles. The fourth-order valence-electron chi connectivity index (χ4n) is 2.20. The molecule has 0 aromatic heterocycles. The van der Waals surface area contributed by atoms with E-state index in [2.05, 4.69) is 0 Å². The number of hydrogen-bond acceptors (Lipinski definition) is 3. The number of aliphatic hydroxyl groups is 1. The summed E-state index contributed by atoms with van der Waals surface area (Å²) in [7, 11) is 0. The highest BCUT2D eigenvalue weighted by Crippen LogP contribution is 2.37. The van der Waals surface area contributed by atoms with Crippen molar-refractivity contribution in [3.8, 4) is 0 Å². The Hall–Kier alpha value is -1.91. The third-order valence-electron chi connectivity index (χ3n) is 3.52. The zero-order valence-corrected chi connectivity index (χ0v) is 12.3. The van der Waals surface area contributed by atoms with Gasteiger partial charge in [0.2, 0.25) is 0 Å². The molecule has 0 amide bonds. The van der Waals surface area contributed by atoms with E-state index in [0.29, 0.717) is 5.56 Å². The Bertz CT molecular complexity index is 601. The number of aliphatic hydroxyl groups excluding tert-OH is 1. The number of halogens is 1. The smallest absolute Gasteiger partial charge is 0.269 e. The van der Waals surface area contributed by atoms with E-state index in [4.69, 9.17) is 11.6 Å². The Kier molecular flexibility index (Phi) is 4.94. The van der Waals surface area contributed by atoms with Gasteiger partial charge in [-0.15, -0.1) is 11.6 Å². The monoisotopic (exact) mass is 305 g/mol. The summed E-state index contributed by atoms with van der Waals surface area (Å²) in [5.74, 6) is -0.226. The van der Waals surface area contributed by atoms with Crippen molar-refractivity contribution in [3.05, 3.63) is 75.8 Å². The molecule has 0 aliphatic heterocycles. The van der Waals surface area contributed by atoms with Crippen LogP contribution in [0.5, 0.6) is 0 Å². The summed E-state index contributed by atoms with van der Waals surface area (Å²) in [5.41, 5.74) is 1.56. The average molecular weight is 306 g/mol. The van der Waals surface area contributed by atoms with Gasteiger partial charge in [-0.2, -0.15) is 0 Å². The van der Waals surface area contributed by atoms with Gasteiger partial charge in [-0.05, 0) is 23.3 Å². The lowest BCUT2D eigenvalue weighted by atomic mass is 9.91. The van der Waals surface area contributed by atoms with Gasteiger partial charge in [0.15, 0.2) is 0 Å². The first-order valence-corrected chi connectivity index (χ1v) is 7.06. The minimum atomic E-state index is -0.784. The Morgan fingerprint density at radius 2 is 1.62 bits per heavy atom. The molecule has 0 spiro atoms. The largest absolute Gasteiger partial charge is 0.388 e. The molecule has 0 heterocycles. The predicted molar refractivity (Wildman–Crippen MR) is 82.3 cm³/mol. The summed E-state index contributed by atoms with van der Waals surface area (Å²) in [6.45, 7) is 1.86. The summed E-state index contributed by atoms with van der Waals surface area (Å²) < 4.78 is 0. The Morgan fingerprint density at radius 1 is 1.05 bits per heavy atom. The second-order valence-corrected chi connectivity index (χ2v) is 5.44. The third-order valence-corrected chi connectivity index (χ3v) is 4.17. The highest BCUT2D eigenvalue weighted by atomic mass is 35.5. The molecule has 0 aliphatic rings. The molecule has 2 aromatic carbocycles. The number of nitro groups is 1. The number of nitrogens with zero attached hydrogens (tertiary/aromatic N) is 1. The Labute approximate surface area is 128 Å². The van der Waals surface area contributed by atoms with Gasteiger partial charge in [-0.1, -0.05) is 37.3 Å². The van der Waals surface area contributed by atoms with Crippen molar-refractivity contribution in [2.45, 2.75) is 18.4 Å². The molecule has 5 heteroatoms. The van der Waals surface area contributed by atoms with Crippen LogP contribution in [0.25, 0.3) is 0 Å². The van der Waals surface area contributed by atoms with Gasteiger partial charge >= 0.3 is 0 Å². The van der Waals surface area contributed by atoms with E-state index < -0.39 is 11.0 Å². The van der Waals surface area contributed by atoms with Crippen molar-refractivity contribution in [2.24, 2.45) is 5.92 Å². The molecule has 4 nitrogen and oxygen atoms in total. The zero-order valence-electron chi connectivity index (χ0n) is 11.5. The van der Waals surface area contributed by atoms with E-state index in [1.54, 1.807) is 12.1 Å². The SMILES string of the molecule is C[C@@H]([C@H](O)c1ccc([N+](=O)[O-])cc1)[C@H](Cl)c1ccccc1. The zero-order chi connectivity index (χ0) is 15.4. The molecule has 0 radical (unpaired) electrons. The Balaban J connectivity index is 2.15. The molecular weight excluding hydrogens is 290 g/mol. The normalized spacial score (nSPS) is 15.2. The maximum absolute atomic E-state index is 10.6. The summed E-state index contributed by atoms with van der Waals surface area (Å²) in [6, 6.07) is 15.4. The standard InChI is InChI=1S/C16H16ClNO3/c1-11(15(17)12-5-3-2-4-6-12)16(19)13-7-9-14(10-8-13)18(20)21/h2-11,15-16,19H,1H3/t11-,15+,16+/m1/s1. The highest BCUT2D eigenvalue weighted by molar-refractivity contribution is 6.21. The van der Waals surface area contributed by atoms with Crippen LogP contribution in [0.2, 0.25) is 0 Å². The third kappa shape index (κ3) is 3.60. The van der Waals surface area contributed by atoms with Crippen LogP contribution in [0.4, 0.5) is 5.69 Å². The topological polar surface area (TPSA) is 63.4 Å². The van der Waals surface area contributed by atoms with Crippen LogP contribution in [0.3, 0.4) is 0 Å². The van der Waals surface area contributed by atoms with E-state index in [9.17, 15) is 15.2 Å². The van der Waals surface area contributed by atoms with Crippen LogP contribution in [0.1, 0.15) is 29.5 Å². The summed E-state index contributed by atoms with van der Waals surface area (Å²) >= 11 is 6.41. The molecule has 0 aliphatic carbocycles. The van der Waals surface area contributed by atoms with Gasteiger partial charge < -0.3 is 5.11 Å². The lowest BCUT2D eigenvalue weighted by Crippen LogP contribution is -2.14. The summed E-state index contributed by atoms with van der Waals surface area (Å²) in [4.78, 5) is 10.2. The first-order valence-electron chi connectivity index (χ1n) is 6.62. The van der Waals surface area contributed by atoms with Gasteiger partial charge in [0.25, 0.3) is 5.69 Å². The van der Waals surface area contributed by atoms with Crippen molar-refractivity contribution < 1.29 is 10.0 Å². The number of nitro benzene ring substituents is 1. The fourth-order valence-corrected chi connectivity index (χ4v) is 2.48. The van der Waals surface area contributed by atoms with Gasteiger partial charge in [-0.3, -0.25) is 10.1 Å². The molecular formula is C16H16ClNO3. The van der Waals surface area contributed by atoms with E-state index >= 15 is 0 Å². The molecule has 1 N–H and O–H groups in total. The quantitative estimate of drug-likeness (QED) is 0.510. The molecule has 110 valence electrons. The molecule has 0 saturated carbocycles. The minimum absolute atomic E-state index is 0.00378. The number of non-ortho nitro benzene ring substituents is 1. The van der Waals surface area contributed by atoms with Crippen LogP contribution in [0, 0.1) is 16.0 Å². The van der Waals surface area contributed by atoms with Crippen LogP contribution >= 0.6 is 11.6 Å². The summed E-state index contributed by atoms with van der Waals surface area (Å²) in [5, 5.41) is 20.7. The molecule has 21 heavy (non-hydrogen) atoms. The maximum Gasteiger partial charge on any atom is 0.269 e. The second-order valence-electron chi connectivity index (χ2n) is 4.97. The molecule has 2 aromatic rings. The summed E-state index contributed by atoms with van der Waals surface area (Å²) in [6.07, 6.45) is -0.784. The molecule has 0 fully saturated rings. The van der Waals surface area contributed by atoms with Crippen molar-refractivity contribution in [1.82, 2.24) is 0 Å². The highest BCUT2D eigenvalue weighted by Gasteiger charge is 2.25. The van der Waals surface area contributed by atoms with Crippen molar-refractivity contribution in [2.75, 3.05) is 0 Å². The number of rotatable bonds is 5. The Morgan fingerprint density at radius 3 is 2.14 bits per heavy atom. The number of alkyl halides is 1. The lowest BCUT2D eigenvalue weighted by molar-refractivity contribution is -0.384. The molecule has 3 atom stereocenters. The van der Waals surface area contributed by atoms with E-state index in [1.165, 1.54) is 12.1 Å². The van der Waals surface area contributed by atoms with Gasteiger partial charge in [0.1, 0.15) is 0 Å². The van der Waals surface area contributed by atoms with Crippen LogP contribution in [-0.4, -0.2) is 10.0 Å². The van der Waals surface area contributed by atoms with E-state index in [1.807, 2.05) is 37.3 Å². The van der Waals surface area contributed by atoms with Crippen LogP contribution < -0.4 is 0 Å². The predicted octanol–water partition coefficient (Wildman–Crippen LogP) is 4.24. The number of benzene rings is 2. The van der Waals surface area contributed by atoms with Gasteiger partial charge in [-0.25, -0.2) is 0 Å². The van der Waals surface area contributed by atoms with Crippen LogP contribution in [0.15, 0.2) is 54.6 Å². The molecule has 0 unspecified atom stereocenters. The number of hydrogen-bond donors (Lipinski definition) is 1. The van der Waals surface area contributed by atoms with Crippen molar-refractivity contribution in [1.29, 1.82) is 0 Å². The van der Waals surface area contributed by atoms with Crippen LogP contribution in [-0.2, 0) is 0 Å². The first kappa shape index (κ1) is 15.5. The lowest BCUT2D eigenvalue weighted by Gasteiger charge is -2.24. The van der Waals surface area contributed by atoms with Gasteiger partial charge in [0, 0.05) is 18.1 Å². The van der Waals surface area contributed by atoms with Crippen molar-refractivity contribution in [3.63, 3.8) is 0 Å². The first-order chi connectivity index (χ1) is 10.0. The fraction of sp³-hybridized carbons (Fsp3) is 0.250. The minimum Gasteiger partial charge on any atom is -0.388 e. The average Bonchev–Trinajstić information content (AvgIpc) is 2.53. The second kappa shape index (κ2) is 6.70. The van der Waals surface area contributed by atoms with Crippen molar-refractivity contribution >= 4 is 17.3 Å².